The molecule has 2 aromatic carbocycles. The van der Waals surface area contributed by atoms with E-state index in [1.165, 1.54) is 5.56 Å². The molecule has 0 bridgehead atoms. The highest BCUT2D eigenvalue weighted by Crippen LogP contribution is 2.24. The lowest BCUT2D eigenvalue weighted by atomic mass is 10.2. The molecule has 0 unspecified atom stereocenters. The quantitative estimate of drug-likeness (QED) is 0.771. The maximum Gasteiger partial charge on any atom is 0.244 e. The lowest BCUT2D eigenvalue weighted by Crippen LogP contribution is -2.18. The van der Waals surface area contributed by atoms with Crippen molar-refractivity contribution < 1.29 is 4.79 Å². The average Bonchev–Trinajstić information content (AvgIpc) is 2.86. The van der Waals surface area contributed by atoms with Crippen molar-refractivity contribution in [2.45, 2.75) is 13.5 Å². The van der Waals surface area contributed by atoms with E-state index in [-0.39, 0.29) is 12.5 Å². The number of benzene rings is 2. The van der Waals surface area contributed by atoms with Crippen LogP contribution >= 0.6 is 11.6 Å². The topological polar surface area (TPSA) is 34.0 Å². The van der Waals surface area contributed by atoms with Gasteiger partial charge in [-0.15, -0.1) is 0 Å². The number of carbonyl (C=O) groups excluding carboxylic acids is 1. The van der Waals surface area contributed by atoms with Crippen LogP contribution in [0.3, 0.4) is 0 Å². The van der Waals surface area contributed by atoms with Gasteiger partial charge in [-0.25, -0.2) is 0 Å². The summed E-state index contributed by atoms with van der Waals surface area (Å²) in [7, 11) is 0. The van der Waals surface area contributed by atoms with Gasteiger partial charge in [-0.2, -0.15) is 0 Å². The Hall–Kier alpha value is -2.26. The van der Waals surface area contributed by atoms with E-state index >= 15 is 0 Å². The van der Waals surface area contributed by atoms with Crippen LogP contribution in [-0.4, -0.2) is 10.5 Å². The maximum atomic E-state index is 12.1. The molecule has 21 heavy (non-hydrogen) atoms. The van der Waals surface area contributed by atoms with Crippen LogP contribution in [0, 0.1) is 6.92 Å². The molecular formula is C17H15ClN2O. The summed E-state index contributed by atoms with van der Waals surface area (Å²) in [5, 5.41) is 4.55. The molecule has 3 nitrogen and oxygen atoms in total. The molecule has 0 saturated carbocycles. The zero-order chi connectivity index (χ0) is 14.8. The van der Waals surface area contributed by atoms with Crippen LogP contribution in [0.5, 0.6) is 0 Å². The molecule has 0 aliphatic heterocycles. The first kappa shape index (κ1) is 13.7. The Labute approximate surface area is 128 Å². The number of halogens is 1. The zero-order valence-corrected chi connectivity index (χ0v) is 12.4. The van der Waals surface area contributed by atoms with Crippen molar-refractivity contribution in [3.8, 4) is 0 Å². The number of nitrogens with zero attached hydrogens (tertiary/aromatic N) is 1. The molecule has 0 saturated heterocycles. The predicted octanol–water partition coefficient (Wildman–Crippen LogP) is 4.24. The molecule has 0 radical (unpaired) electrons. The van der Waals surface area contributed by atoms with E-state index in [1.54, 1.807) is 0 Å². The van der Waals surface area contributed by atoms with Crippen molar-refractivity contribution in [2.75, 3.05) is 5.32 Å². The number of fused-ring (bicyclic) bond motifs is 1. The molecular weight excluding hydrogens is 284 g/mol. The van der Waals surface area contributed by atoms with Gasteiger partial charge in [-0.3, -0.25) is 4.79 Å². The minimum atomic E-state index is -0.0590. The Balaban J connectivity index is 1.77. The van der Waals surface area contributed by atoms with E-state index in [0.29, 0.717) is 5.02 Å². The number of hydrogen-bond acceptors (Lipinski definition) is 1. The van der Waals surface area contributed by atoms with Crippen molar-refractivity contribution >= 4 is 34.1 Å². The Morgan fingerprint density at radius 2 is 1.90 bits per heavy atom. The maximum absolute atomic E-state index is 12.1. The highest BCUT2D eigenvalue weighted by atomic mass is 35.5. The molecule has 0 aliphatic rings. The van der Waals surface area contributed by atoms with E-state index in [0.717, 1.165) is 16.6 Å². The van der Waals surface area contributed by atoms with Gasteiger partial charge in [0.1, 0.15) is 6.54 Å². The van der Waals surface area contributed by atoms with Gasteiger partial charge in [0.25, 0.3) is 0 Å². The molecule has 3 rings (SSSR count). The molecule has 4 heteroatoms. The van der Waals surface area contributed by atoms with Crippen LogP contribution in [0.1, 0.15) is 5.56 Å². The summed E-state index contributed by atoms with van der Waals surface area (Å²) in [6, 6.07) is 15.4. The van der Waals surface area contributed by atoms with Gasteiger partial charge in [0.05, 0.1) is 0 Å². The first-order valence-corrected chi connectivity index (χ1v) is 7.11. The molecule has 1 amide bonds. The number of hydrogen-bond donors (Lipinski definition) is 1. The fourth-order valence-electron chi connectivity index (χ4n) is 2.32. The highest BCUT2D eigenvalue weighted by Gasteiger charge is 2.08. The van der Waals surface area contributed by atoms with Crippen LogP contribution in [0.15, 0.2) is 54.7 Å². The summed E-state index contributed by atoms with van der Waals surface area (Å²) in [5.74, 6) is -0.0590. The van der Waals surface area contributed by atoms with Gasteiger partial charge in [0.15, 0.2) is 0 Å². The lowest BCUT2D eigenvalue weighted by molar-refractivity contribution is -0.116. The third-order valence-corrected chi connectivity index (χ3v) is 3.74. The van der Waals surface area contributed by atoms with Crippen LogP contribution in [-0.2, 0) is 11.3 Å². The van der Waals surface area contributed by atoms with Gasteiger partial charge in [0, 0.05) is 27.8 Å². The minimum Gasteiger partial charge on any atom is -0.338 e. The van der Waals surface area contributed by atoms with Crippen molar-refractivity contribution in [1.29, 1.82) is 0 Å². The number of aryl methyl sites for hydroxylation is 1. The SMILES string of the molecule is Cc1ccc(NC(=O)Cn2ccc3c(Cl)cccc32)cc1. The van der Waals surface area contributed by atoms with Gasteiger partial charge < -0.3 is 9.88 Å². The number of amides is 1. The standard InChI is InChI=1S/C17H15ClN2O/c1-12-5-7-13(8-6-12)19-17(21)11-20-10-9-14-15(18)3-2-4-16(14)20/h2-10H,11H2,1H3,(H,19,21). The molecule has 106 valence electrons. The van der Waals surface area contributed by atoms with Gasteiger partial charge >= 0.3 is 0 Å². The monoisotopic (exact) mass is 298 g/mol. The Morgan fingerprint density at radius 1 is 1.14 bits per heavy atom. The summed E-state index contributed by atoms with van der Waals surface area (Å²) < 4.78 is 1.89. The fraction of sp³-hybridized carbons (Fsp3) is 0.118. The summed E-state index contributed by atoms with van der Waals surface area (Å²) in [6.07, 6.45) is 1.88. The summed E-state index contributed by atoms with van der Waals surface area (Å²) >= 11 is 6.14. The van der Waals surface area contributed by atoms with E-state index in [2.05, 4.69) is 5.32 Å². The van der Waals surface area contributed by atoms with E-state index in [1.807, 2.05) is 66.2 Å². The lowest BCUT2D eigenvalue weighted by Gasteiger charge is -2.08. The molecule has 3 aromatic rings. The first-order valence-electron chi connectivity index (χ1n) is 6.73. The Morgan fingerprint density at radius 3 is 2.67 bits per heavy atom. The third kappa shape index (κ3) is 2.93. The second-order valence-electron chi connectivity index (χ2n) is 5.03. The van der Waals surface area contributed by atoms with Crippen molar-refractivity contribution in [1.82, 2.24) is 4.57 Å². The summed E-state index contributed by atoms with van der Waals surface area (Å²) in [4.78, 5) is 12.1. The molecule has 0 atom stereocenters. The van der Waals surface area contributed by atoms with Crippen molar-refractivity contribution in [3.63, 3.8) is 0 Å². The predicted molar refractivity (Wildman–Crippen MR) is 86.8 cm³/mol. The molecule has 0 aliphatic carbocycles. The largest absolute Gasteiger partial charge is 0.338 e. The van der Waals surface area contributed by atoms with Crippen LogP contribution < -0.4 is 5.32 Å². The zero-order valence-electron chi connectivity index (χ0n) is 11.6. The molecule has 1 aromatic heterocycles. The fourth-order valence-corrected chi connectivity index (χ4v) is 2.55. The smallest absolute Gasteiger partial charge is 0.244 e. The van der Waals surface area contributed by atoms with Crippen molar-refractivity contribution in [3.05, 3.63) is 65.3 Å². The first-order chi connectivity index (χ1) is 10.1. The second kappa shape index (κ2) is 5.62. The number of nitrogens with one attached hydrogen (secondary N) is 1. The number of aromatic nitrogens is 1. The van der Waals surface area contributed by atoms with Crippen LogP contribution in [0.4, 0.5) is 5.69 Å². The number of anilines is 1. The highest BCUT2D eigenvalue weighted by molar-refractivity contribution is 6.35. The molecule has 1 heterocycles. The van der Waals surface area contributed by atoms with E-state index in [4.69, 9.17) is 11.6 Å². The third-order valence-electron chi connectivity index (χ3n) is 3.41. The normalized spacial score (nSPS) is 10.8. The molecule has 0 fully saturated rings. The molecule has 1 N–H and O–H groups in total. The Bertz CT molecular complexity index is 790. The van der Waals surface area contributed by atoms with Gasteiger partial charge in [0.2, 0.25) is 5.91 Å². The van der Waals surface area contributed by atoms with Gasteiger partial charge in [-0.05, 0) is 37.3 Å². The number of carbonyl (C=O) groups is 1. The summed E-state index contributed by atoms with van der Waals surface area (Å²) in [6.45, 7) is 2.28. The van der Waals surface area contributed by atoms with Crippen molar-refractivity contribution in [2.24, 2.45) is 0 Å². The number of rotatable bonds is 3. The Kier molecular flexibility index (Phi) is 3.67. The van der Waals surface area contributed by atoms with Gasteiger partial charge in [-0.1, -0.05) is 35.4 Å². The molecule has 0 spiro atoms. The summed E-state index contributed by atoms with van der Waals surface area (Å²) in [5.41, 5.74) is 2.93. The van der Waals surface area contributed by atoms with Crippen LogP contribution in [0.2, 0.25) is 5.02 Å². The van der Waals surface area contributed by atoms with E-state index in [9.17, 15) is 4.79 Å². The minimum absolute atomic E-state index is 0.0590. The second-order valence-corrected chi connectivity index (χ2v) is 5.44. The average molecular weight is 299 g/mol. The van der Waals surface area contributed by atoms with Crippen LogP contribution in [0.25, 0.3) is 10.9 Å². The van der Waals surface area contributed by atoms with E-state index < -0.39 is 0 Å².